The Hall–Kier alpha value is -1.40. The van der Waals surface area contributed by atoms with Gasteiger partial charge in [-0.25, -0.2) is 13.1 Å². The molecule has 0 aliphatic carbocycles. The van der Waals surface area contributed by atoms with E-state index in [0.717, 1.165) is 0 Å². The van der Waals surface area contributed by atoms with Crippen molar-refractivity contribution in [3.05, 3.63) is 24.3 Å². The predicted molar refractivity (Wildman–Crippen MR) is 57.0 cm³/mol. The van der Waals surface area contributed by atoms with Crippen LogP contribution >= 0.6 is 0 Å². The summed E-state index contributed by atoms with van der Waals surface area (Å²) in [5.74, 6) is 0. The summed E-state index contributed by atoms with van der Waals surface area (Å²) in [5.41, 5.74) is 0.556. The Balaban J connectivity index is 2.93. The topological polar surface area (TPSA) is 75.3 Å². The minimum Gasteiger partial charge on any atom is -0.329 e. The van der Waals surface area contributed by atoms with E-state index < -0.39 is 10.0 Å². The summed E-state index contributed by atoms with van der Waals surface area (Å²) in [6.07, 6.45) is 0.536. The van der Waals surface area contributed by atoms with Crippen LogP contribution in [0.5, 0.6) is 0 Å². The summed E-state index contributed by atoms with van der Waals surface area (Å²) in [4.78, 5) is 10.3. The number of carbonyl (C=O) groups is 1. The van der Waals surface area contributed by atoms with Gasteiger partial charge in [0.15, 0.2) is 0 Å². The molecule has 0 fully saturated rings. The molecule has 0 unspecified atom stereocenters. The van der Waals surface area contributed by atoms with Crippen molar-refractivity contribution in [2.24, 2.45) is 0 Å². The highest BCUT2D eigenvalue weighted by Gasteiger charge is 2.11. The molecule has 1 rings (SSSR count). The Morgan fingerprint density at radius 1 is 1.27 bits per heavy atom. The van der Waals surface area contributed by atoms with Gasteiger partial charge in [-0.3, -0.25) is 4.79 Å². The number of hydrogen-bond acceptors (Lipinski definition) is 3. The minimum absolute atomic E-state index is 0.181. The number of benzene rings is 1. The van der Waals surface area contributed by atoms with Gasteiger partial charge in [0.05, 0.1) is 4.90 Å². The third-order valence-corrected chi connectivity index (χ3v) is 3.29. The van der Waals surface area contributed by atoms with Crippen LogP contribution in [0.3, 0.4) is 0 Å². The van der Waals surface area contributed by atoms with Crippen LogP contribution in [0, 0.1) is 0 Å². The normalized spacial score (nSPS) is 11.0. The van der Waals surface area contributed by atoms with Gasteiger partial charge in [-0.2, -0.15) is 0 Å². The van der Waals surface area contributed by atoms with E-state index in [1.807, 2.05) is 0 Å². The lowest BCUT2D eigenvalue weighted by Crippen LogP contribution is -2.22. The number of carbonyl (C=O) groups excluding carboxylic acids is 1. The molecular formula is C9H12N2O3S. The Kier molecular flexibility index (Phi) is 3.81. The molecule has 1 amide bonds. The van der Waals surface area contributed by atoms with E-state index in [-0.39, 0.29) is 4.90 Å². The largest absolute Gasteiger partial charge is 0.329 e. The first kappa shape index (κ1) is 11.7. The monoisotopic (exact) mass is 228 g/mol. The smallest absolute Gasteiger partial charge is 0.240 e. The number of nitrogens with one attached hydrogen (secondary N) is 2. The summed E-state index contributed by atoms with van der Waals surface area (Å²) < 4.78 is 25.4. The van der Waals surface area contributed by atoms with Gasteiger partial charge in [0, 0.05) is 12.2 Å². The fourth-order valence-electron chi connectivity index (χ4n) is 1.07. The molecule has 0 aromatic heterocycles. The number of rotatable bonds is 5. The van der Waals surface area contributed by atoms with Crippen molar-refractivity contribution in [2.75, 3.05) is 11.9 Å². The first-order valence-electron chi connectivity index (χ1n) is 4.40. The molecule has 5 nitrogen and oxygen atoms in total. The van der Waals surface area contributed by atoms with Gasteiger partial charge in [0.2, 0.25) is 16.4 Å². The van der Waals surface area contributed by atoms with E-state index in [1.54, 1.807) is 6.92 Å². The summed E-state index contributed by atoms with van der Waals surface area (Å²) in [6.45, 7) is 2.05. The zero-order valence-corrected chi connectivity index (χ0v) is 9.04. The molecule has 0 radical (unpaired) electrons. The number of sulfonamides is 1. The summed E-state index contributed by atoms with van der Waals surface area (Å²) in [6, 6.07) is 5.92. The number of amides is 1. The molecule has 0 saturated heterocycles. The molecular weight excluding hydrogens is 216 g/mol. The summed E-state index contributed by atoms with van der Waals surface area (Å²) in [5, 5.41) is 2.42. The van der Waals surface area contributed by atoms with Crippen LogP contribution in [0.15, 0.2) is 29.2 Å². The lowest BCUT2D eigenvalue weighted by molar-refractivity contribution is -0.105. The molecule has 82 valence electrons. The third kappa shape index (κ3) is 3.03. The van der Waals surface area contributed by atoms with Crippen LogP contribution in [-0.2, 0) is 14.8 Å². The van der Waals surface area contributed by atoms with Crippen molar-refractivity contribution < 1.29 is 13.2 Å². The van der Waals surface area contributed by atoms with E-state index in [9.17, 15) is 13.2 Å². The molecule has 0 atom stereocenters. The average molecular weight is 228 g/mol. The van der Waals surface area contributed by atoms with Crippen molar-refractivity contribution in [2.45, 2.75) is 11.8 Å². The fourth-order valence-corrected chi connectivity index (χ4v) is 2.11. The molecule has 1 aromatic rings. The van der Waals surface area contributed by atoms with Gasteiger partial charge < -0.3 is 5.32 Å². The fraction of sp³-hybridized carbons (Fsp3) is 0.222. The first-order chi connectivity index (χ1) is 7.10. The molecule has 1 aromatic carbocycles. The van der Waals surface area contributed by atoms with Gasteiger partial charge >= 0.3 is 0 Å². The Morgan fingerprint density at radius 2 is 1.87 bits per heavy atom. The molecule has 0 aliphatic heterocycles. The second kappa shape index (κ2) is 4.90. The standard InChI is InChI=1S/C9H12N2O3S/c1-2-11-15(13,14)9-5-3-8(4-6-9)10-7-12/h3-7,11H,2H2,1H3,(H,10,12). The van der Waals surface area contributed by atoms with Gasteiger partial charge in [-0.05, 0) is 24.3 Å². The molecule has 15 heavy (non-hydrogen) atoms. The lowest BCUT2D eigenvalue weighted by atomic mass is 10.3. The van der Waals surface area contributed by atoms with Crippen molar-refractivity contribution in [1.29, 1.82) is 0 Å². The number of hydrogen-bond donors (Lipinski definition) is 2. The van der Waals surface area contributed by atoms with E-state index in [4.69, 9.17) is 0 Å². The molecule has 0 heterocycles. The van der Waals surface area contributed by atoms with Crippen LogP contribution in [0.1, 0.15) is 6.92 Å². The quantitative estimate of drug-likeness (QED) is 0.723. The van der Waals surface area contributed by atoms with Crippen molar-refractivity contribution in [1.82, 2.24) is 4.72 Å². The average Bonchev–Trinajstić information content (AvgIpc) is 2.19. The maximum atomic E-state index is 11.5. The Morgan fingerprint density at radius 3 is 2.33 bits per heavy atom. The van der Waals surface area contributed by atoms with Gasteiger partial charge in [0.25, 0.3) is 0 Å². The highest BCUT2D eigenvalue weighted by Crippen LogP contribution is 2.12. The maximum Gasteiger partial charge on any atom is 0.240 e. The van der Waals surface area contributed by atoms with Crippen molar-refractivity contribution in [3.8, 4) is 0 Å². The molecule has 0 saturated carbocycles. The van der Waals surface area contributed by atoms with E-state index >= 15 is 0 Å². The molecule has 2 N–H and O–H groups in total. The number of anilines is 1. The van der Waals surface area contributed by atoms with E-state index in [1.165, 1.54) is 24.3 Å². The zero-order valence-electron chi connectivity index (χ0n) is 8.23. The van der Waals surface area contributed by atoms with Gasteiger partial charge in [0.1, 0.15) is 0 Å². The Bertz CT molecular complexity index is 425. The van der Waals surface area contributed by atoms with E-state index in [2.05, 4.69) is 10.0 Å². The summed E-state index contributed by atoms with van der Waals surface area (Å²) >= 11 is 0. The third-order valence-electron chi connectivity index (χ3n) is 1.72. The van der Waals surface area contributed by atoms with E-state index in [0.29, 0.717) is 18.6 Å². The van der Waals surface area contributed by atoms with Crippen LogP contribution in [0.4, 0.5) is 5.69 Å². The second-order valence-corrected chi connectivity index (χ2v) is 4.55. The highest BCUT2D eigenvalue weighted by atomic mass is 32.2. The lowest BCUT2D eigenvalue weighted by Gasteiger charge is -2.04. The summed E-state index contributed by atoms with van der Waals surface area (Å²) in [7, 11) is -3.41. The minimum atomic E-state index is -3.41. The van der Waals surface area contributed by atoms with Crippen LogP contribution in [0.2, 0.25) is 0 Å². The van der Waals surface area contributed by atoms with Crippen molar-refractivity contribution in [3.63, 3.8) is 0 Å². The first-order valence-corrected chi connectivity index (χ1v) is 5.88. The van der Waals surface area contributed by atoms with Crippen molar-refractivity contribution >= 4 is 22.1 Å². The maximum absolute atomic E-state index is 11.5. The molecule has 0 spiro atoms. The molecule has 6 heteroatoms. The molecule has 0 bridgehead atoms. The second-order valence-electron chi connectivity index (χ2n) is 2.79. The Labute approximate surface area is 88.5 Å². The molecule has 0 aliphatic rings. The van der Waals surface area contributed by atoms with Gasteiger partial charge in [-0.1, -0.05) is 6.92 Å². The zero-order chi connectivity index (χ0) is 11.3. The van der Waals surface area contributed by atoms with Crippen LogP contribution in [-0.4, -0.2) is 21.4 Å². The highest BCUT2D eigenvalue weighted by molar-refractivity contribution is 7.89. The van der Waals surface area contributed by atoms with Crippen LogP contribution < -0.4 is 10.0 Å². The van der Waals surface area contributed by atoms with Crippen LogP contribution in [0.25, 0.3) is 0 Å². The SMILES string of the molecule is CCNS(=O)(=O)c1ccc(NC=O)cc1. The van der Waals surface area contributed by atoms with Gasteiger partial charge in [-0.15, -0.1) is 0 Å². The predicted octanol–water partition coefficient (Wildman–Crippen LogP) is 0.553.